The number of hydrogen-bond donors (Lipinski definition) is 1. The molecule has 82 valence electrons. The molecule has 2 N–H and O–H groups in total. The molecule has 1 rings (SSSR count). The van der Waals surface area contributed by atoms with Crippen molar-refractivity contribution < 1.29 is 0 Å². The molecule has 0 spiro atoms. The number of thiocarbonyl (C=S) groups is 1. The second-order valence-corrected chi connectivity index (χ2v) is 4.55. The Morgan fingerprint density at radius 1 is 1.47 bits per heavy atom. The van der Waals surface area contributed by atoms with Gasteiger partial charge in [-0.3, -0.25) is 0 Å². The number of piperidine rings is 1. The lowest BCUT2D eigenvalue weighted by atomic mass is 9.98. The SMILES string of the molecule is CC(=C(C#N)C(N)=S)N1CCC(C)CC1. The molecule has 0 aliphatic carbocycles. The van der Waals surface area contributed by atoms with Crippen LogP contribution in [-0.4, -0.2) is 23.0 Å². The van der Waals surface area contributed by atoms with Crippen LogP contribution in [0.25, 0.3) is 0 Å². The van der Waals surface area contributed by atoms with Crippen molar-refractivity contribution in [3.05, 3.63) is 11.3 Å². The molecule has 0 aromatic carbocycles. The third-order valence-corrected chi connectivity index (χ3v) is 3.18. The van der Waals surface area contributed by atoms with Gasteiger partial charge in [0.15, 0.2) is 0 Å². The van der Waals surface area contributed by atoms with E-state index in [9.17, 15) is 0 Å². The van der Waals surface area contributed by atoms with Crippen molar-refractivity contribution in [2.24, 2.45) is 11.7 Å². The first kappa shape index (κ1) is 12.0. The van der Waals surface area contributed by atoms with Gasteiger partial charge in [-0.2, -0.15) is 5.26 Å². The molecule has 0 amide bonds. The summed E-state index contributed by atoms with van der Waals surface area (Å²) in [6.07, 6.45) is 2.35. The Morgan fingerprint density at radius 2 is 2.00 bits per heavy atom. The summed E-state index contributed by atoms with van der Waals surface area (Å²) in [5, 5.41) is 8.95. The molecule has 1 aliphatic rings. The molecule has 1 saturated heterocycles. The van der Waals surface area contributed by atoms with Crippen LogP contribution in [0.2, 0.25) is 0 Å². The predicted molar refractivity (Wildman–Crippen MR) is 65.1 cm³/mol. The fourth-order valence-corrected chi connectivity index (χ4v) is 2.01. The predicted octanol–water partition coefficient (Wildman–Crippen LogP) is 1.80. The van der Waals surface area contributed by atoms with Crippen LogP contribution >= 0.6 is 12.2 Å². The van der Waals surface area contributed by atoms with Crippen molar-refractivity contribution in [2.45, 2.75) is 26.7 Å². The van der Waals surface area contributed by atoms with Crippen LogP contribution in [0.15, 0.2) is 11.3 Å². The molecule has 0 saturated carbocycles. The smallest absolute Gasteiger partial charge is 0.116 e. The van der Waals surface area contributed by atoms with E-state index in [1.54, 1.807) is 0 Å². The Morgan fingerprint density at radius 3 is 2.40 bits per heavy atom. The number of nitrogens with zero attached hydrogens (tertiary/aromatic N) is 2. The van der Waals surface area contributed by atoms with E-state index < -0.39 is 0 Å². The van der Waals surface area contributed by atoms with Gasteiger partial charge in [0.1, 0.15) is 16.6 Å². The topological polar surface area (TPSA) is 53.1 Å². The van der Waals surface area contributed by atoms with Gasteiger partial charge in [0.2, 0.25) is 0 Å². The van der Waals surface area contributed by atoms with E-state index in [1.807, 2.05) is 6.92 Å². The first-order valence-corrected chi connectivity index (χ1v) is 5.62. The van der Waals surface area contributed by atoms with Gasteiger partial charge in [-0.1, -0.05) is 19.1 Å². The number of nitriles is 1. The Balaban J connectivity index is 2.79. The zero-order valence-electron chi connectivity index (χ0n) is 9.29. The van der Waals surface area contributed by atoms with Gasteiger partial charge in [0, 0.05) is 18.8 Å². The maximum absolute atomic E-state index is 8.95. The molecule has 1 fully saturated rings. The second-order valence-electron chi connectivity index (χ2n) is 4.11. The van der Waals surface area contributed by atoms with Gasteiger partial charge >= 0.3 is 0 Å². The zero-order valence-corrected chi connectivity index (χ0v) is 10.1. The third-order valence-electron chi connectivity index (χ3n) is 2.98. The van der Waals surface area contributed by atoms with Gasteiger partial charge in [0.05, 0.1) is 0 Å². The minimum Gasteiger partial charge on any atom is -0.389 e. The number of allylic oxidation sites excluding steroid dienone is 1. The van der Waals surface area contributed by atoms with E-state index in [4.69, 9.17) is 23.2 Å². The van der Waals surface area contributed by atoms with Gasteiger partial charge in [-0.15, -0.1) is 0 Å². The average molecular weight is 223 g/mol. The number of rotatable bonds is 2. The highest BCUT2D eigenvalue weighted by molar-refractivity contribution is 7.80. The Labute approximate surface area is 96.5 Å². The Kier molecular flexibility index (Phi) is 4.10. The van der Waals surface area contributed by atoms with E-state index in [0.717, 1.165) is 24.7 Å². The summed E-state index contributed by atoms with van der Waals surface area (Å²) in [5.41, 5.74) is 6.89. The Hall–Kier alpha value is -1.08. The van der Waals surface area contributed by atoms with Crippen molar-refractivity contribution in [1.82, 2.24) is 4.90 Å². The van der Waals surface area contributed by atoms with Crippen molar-refractivity contribution in [1.29, 1.82) is 5.26 Å². The molecule has 1 heterocycles. The highest BCUT2D eigenvalue weighted by Crippen LogP contribution is 2.21. The second kappa shape index (κ2) is 5.13. The summed E-state index contributed by atoms with van der Waals surface area (Å²) in [5.74, 6) is 0.782. The van der Waals surface area contributed by atoms with Crippen LogP contribution in [-0.2, 0) is 0 Å². The molecule has 0 aromatic rings. The van der Waals surface area contributed by atoms with Crippen molar-refractivity contribution in [2.75, 3.05) is 13.1 Å². The maximum Gasteiger partial charge on any atom is 0.116 e. The molecule has 0 bridgehead atoms. The van der Waals surface area contributed by atoms with Crippen LogP contribution in [0.4, 0.5) is 0 Å². The summed E-state index contributed by atoms with van der Waals surface area (Å²) >= 11 is 4.86. The van der Waals surface area contributed by atoms with Gasteiger partial charge < -0.3 is 10.6 Å². The summed E-state index contributed by atoms with van der Waals surface area (Å²) in [4.78, 5) is 2.41. The normalized spacial score (nSPS) is 19.4. The van der Waals surface area contributed by atoms with Crippen LogP contribution in [0, 0.1) is 17.2 Å². The summed E-state index contributed by atoms with van der Waals surface area (Å²) in [6.45, 7) is 6.18. The fraction of sp³-hybridized carbons (Fsp3) is 0.636. The third kappa shape index (κ3) is 2.93. The molecule has 0 atom stereocenters. The molecular weight excluding hydrogens is 206 g/mol. The largest absolute Gasteiger partial charge is 0.389 e. The summed E-state index contributed by atoms with van der Waals surface area (Å²) in [6, 6.07) is 2.08. The molecule has 4 heteroatoms. The van der Waals surface area contributed by atoms with E-state index in [1.165, 1.54) is 12.8 Å². The lowest BCUT2D eigenvalue weighted by Gasteiger charge is -2.33. The minimum absolute atomic E-state index is 0.202. The number of hydrogen-bond acceptors (Lipinski definition) is 3. The van der Waals surface area contributed by atoms with E-state index in [-0.39, 0.29) is 4.99 Å². The standard InChI is InChI=1S/C11H17N3S/c1-8-3-5-14(6-4-8)9(2)10(7-12)11(13)15/h8H,3-6H2,1-2H3,(H2,13,15). The molecule has 3 nitrogen and oxygen atoms in total. The zero-order chi connectivity index (χ0) is 11.4. The van der Waals surface area contributed by atoms with Gasteiger partial charge in [-0.25, -0.2) is 0 Å². The lowest BCUT2D eigenvalue weighted by molar-refractivity contribution is 0.237. The van der Waals surface area contributed by atoms with Crippen molar-refractivity contribution >= 4 is 17.2 Å². The first-order valence-electron chi connectivity index (χ1n) is 5.22. The molecule has 0 aromatic heterocycles. The van der Waals surface area contributed by atoms with Crippen LogP contribution in [0.3, 0.4) is 0 Å². The number of likely N-dealkylation sites (tertiary alicyclic amines) is 1. The van der Waals surface area contributed by atoms with Crippen LogP contribution < -0.4 is 5.73 Å². The lowest BCUT2D eigenvalue weighted by Crippen LogP contribution is -2.33. The van der Waals surface area contributed by atoms with Crippen molar-refractivity contribution in [3.8, 4) is 6.07 Å². The van der Waals surface area contributed by atoms with Crippen molar-refractivity contribution in [3.63, 3.8) is 0 Å². The Bertz CT molecular complexity index is 319. The molecule has 1 aliphatic heterocycles. The minimum atomic E-state index is 0.202. The highest BCUT2D eigenvalue weighted by Gasteiger charge is 2.18. The maximum atomic E-state index is 8.95. The molecule has 0 unspecified atom stereocenters. The van der Waals surface area contributed by atoms with E-state index in [2.05, 4.69) is 17.9 Å². The monoisotopic (exact) mass is 223 g/mol. The molecule has 15 heavy (non-hydrogen) atoms. The number of nitrogens with two attached hydrogens (primary N) is 1. The van der Waals surface area contributed by atoms with Gasteiger partial charge in [0.25, 0.3) is 0 Å². The average Bonchev–Trinajstić information content (AvgIpc) is 2.19. The quantitative estimate of drug-likeness (QED) is 0.440. The van der Waals surface area contributed by atoms with E-state index >= 15 is 0 Å². The highest BCUT2D eigenvalue weighted by atomic mass is 32.1. The summed E-state index contributed by atoms with van der Waals surface area (Å²) < 4.78 is 0. The summed E-state index contributed by atoms with van der Waals surface area (Å²) in [7, 11) is 0. The fourth-order valence-electron chi connectivity index (χ4n) is 1.82. The van der Waals surface area contributed by atoms with Crippen LogP contribution in [0.1, 0.15) is 26.7 Å². The van der Waals surface area contributed by atoms with Gasteiger partial charge in [-0.05, 0) is 25.7 Å². The van der Waals surface area contributed by atoms with E-state index in [0.29, 0.717) is 5.57 Å². The first-order chi connectivity index (χ1) is 7.06. The molecule has 0 radical (unpaired) electrons. The van der Waals surface area contributed by atoms with Crippen LogP contribution in [0.5, 0.6) is 0 Å². The molecular formula is C11H17N3S.